The molecule has 3 rings (SSSR count). The third kappa shape index (κ3) is 2.22. The normalized spacial score (nSPS) is 16.1. The molecule has 0 aliphatic carbocycles. The first-order chi connectivity index (χ1) is 9.24. The maximum absolute atomic E-state index is 5.23. The number of hydrogen-bond donors (Lipinski definition) is 2. The minimum atomic E-state index is 0.373. The summed E-state index contributed by atoms with van der Waals surface area (Å²) in [7, 11) is 1.80. The van der Waals surface area contributed by atoms with Gasteiger partial charge in [-0.15, -0.1) is 0 Å². The number of rotatable bonds is 2. The van der Waals surface area contributed by atoms with E-state index in [-0.39, 0.29) is 0 Å². The molecule has 0 unspecified atom stereocenters. The van der Waals surface area contributed by atoms with Gasteiger partial charge >= 0.3 is 0 Å². The van der Waals surface area contributed by atoms with Crippen molar-refractivity contribution in [2.24, 2.45) is 12.0 Å². The fraction of sp³-hybridized carbons (Fsp3) is 0.100. The highest BCUT2D eigenvalue weighted by Crippen LogP contribution is 2.12. The van der Waals surface area contributed by atoms with Crippen LogP contribution in [0.15, 0.2) is 29.5 Å². The second kappa shape index (κ2) is 4.61. The Labute approximate surface area is 112 Å². The van der Waals surface area contributed by atoms with Gasteiger partial charge in [-0.1, -0.05) is 0 Å². The van der Waals surface area contributed by atoms with Crippen molar-refractivity contribution < 1.29 is 4.84 Å². The average Bonchev–Trinajstić information content (AvgIpc) is 3.02. The summed E-state index contributed by atoms with van der Waals surface area (Å²) in [4.78, 5) is 17.6. The molecule has 3 heterocycles. The predicted molar refractivity (Wildman–Crippen MR) is 69.2 cm³/mol. The summed E-state index contributed by atoms with van der Waals surface area (Å²) in [6.45, 7) is 0. The molecule has 8 nitrogen and oxygen atoms in total. The van der Waals surface area contributed by atoms with E-state index in [1.807, 2.05) is 0 Å². The molecule has 2 aromatic heterocycles. The molecule has 2 N–H and O–H groups in total. The minimum Gasteiger partial charge on any atom is -0.360 e. The lowest BCUT2D eigenvalue weighted by atomic mass is 10.4. The van der Waals surface area contributed by atoms with Crippen LogP contribution in [-0.4, -0.2) is 30.6 Å². The van der Waals surface area contributed by atoms with Crippen molar-refractivity contribution in [3.8, 4) is 0 Å². The van der Waals surface area contributed by atoms with Gasteiger partial charge in [0.15, 0.2) is 16.4 Å². The lowest BCUT2D eigenvalue weighted by Gasteiger charge is -1.97. The lowest BCUT2D eigenvalue weighted by Crippen LogP contribution is -2.18. The monoisotopic (exact) mass is 275 g/mol. The topological polar surface area (TPSA) is 93.0 Å². The van der Waals surface area contributed by atoms with Gasteiger partial charge in [-0.05, 0) is 12.2 Å². The van der Waals surface area contributed by atoms with Crippen molar-refractivity contribution in [2.45, 2.75) is 0 Å². The van der Waals surface area contributed by atoms with E-state index in [1.54, 1.807) is 36.3 Å². The number of hydroxylamine groups is 1. The van der Waals surface area contributed by atoms with Crippen LogP contribution in [0.3, 0.4) is 0 Å². The van der Waals surface area contributed by atoms with Crippen LogP contribution in [0, 0.1) is 4.77 Å². The Morgan fingerprint density at radius 3 is 3.00 bits per heavy atom. The first kappa shape index (κ1) is 11.5. The van der Waals surface area contributed by atoms with Crippen LogP contribution >= 0.6 is 12.2 Å². The number of nitrogens with one attached hydrogen (secondary N) is 2. The molecule has 2 aromatic rings. The number of H-pyrrole nitrogens is 1. The Bertz CT molecular complexity index is 715. The Morgan fingerprint density at radius 1 is 1.42 bits per heavy atom. The van der Waals surface area contributed by atoms with Crippen LogP contribution in [0.1, 0.15) is 11.5 Å². The number of aromatic amines is 1. The fourth-order valence-corrected chi connectivity index (χ4v) is 1.59. The Morgan fingerprint density at radius 2 is 2.32 bits per heavy atom. The van der Waals surface area contributed by atoms with Crippen molar-refractivity contribution in [3.05, 3.63) is 40.8 Å². The second-order valence-electron chi connectivity index (χ2n) is 3.68. The van der Waals surface area contributed by atoms with E-state index in [0.29, 0.717) is 28.0 Å². The van der Waals surface area contributed by atoms with Crippen LogP contribution in [-0.2, 0) is 11.9 Å². The predicted octanol–water partition coefficient (Wildman–Crippen LogP) is 0.548. The molecule has 0 saturated heterocycles. The summed E-state index contributed by atoms with van der Waals surface area (Å²) >= 11 is 5.02. The van der Waals surface area contributed by atoms with E-state index in [9.17, 15) is 0 Å². The molecule has 9 heteroatoms. The lowest BCUT2D eigenvalue weighted by molar-refractivity contribution is 0.180. The highest BCUT2D eigenvalue weighted by molar-refractivity contribution is 7.71. The standard InChI is InChI=1S/C10H9N7OS/c1-17-7(14-15-10(17)19)4-8-13-9(16-18-8)6-5-11-2-3-12-6/h2-5H,1H3,(H,13,16)(H,15,19). The van der Waals surface area contributed by atoms with Crippen molar-refractivity contribution in [2.75, 3.05) is 0 Å². The van der Waals surface area contributed by atoms with Crippen molar-refractivity contribution in [1.82, 2.24) is 30.2 Å². The van der Waals surface area contributed by atoms with Crippen LogP contribution < -0.4 is 5.48 Å². The van der Waals surface area contributed by atoms with Crippen molar-refractivity contribution in [1.29, 1.82) is 0 Å². The first-order valence-electron chi connectivity index (χ1n) is 5.35. The van der Waals surface area contributed by atoms with Gasteiger partial charge in [-0.25, -0.2) is 4.98 Å². The summed E-state index contributed by atoms with van der Waals surface area (Å²) in [5, 5.41) is 6.72. The summed E-state index contributed by atoms with van der Waals surface area (Å²) in [5.41, 5.74) is 3.27. The smallest absolute Gasteiger partial charge is 0.251 e. The molecule has 0 bridgehead atoms. The van der Waals surface area contributed by atoms with Crippen molar-refractivity contribution in [3.63, 3.8) is 0 Å². The molecule has 0 amide bonds. The zero-order valence-electron chi connectivity index (χ0n) is 9.86. The number of hydrogen-bond acceptors (Lipinski definition) is 7. The number of nitrogens with zero attached hydrogens (tertiary/aromatic N) is 5. The zero-order valence-corrected chi connectivity index (χ0v) is 10.7. The molecule has 0 radical (unpaired) electrons. The summed E-state index contributed by atoms with van der Waals surface area (Å²) < 4.78 is 2.23. The van der Waals surface area contributed by atoms with Crippen molar-refractivity contribution >= 4 is 24.1 Å². The van der Waals surface area contributed by atoms with Crippen LogP contribution in [0.5, 0.6) is 0 Å². The number of aromatic nitrogens is 5. The van der Waals surface area contributed by atoms with Gasteiger partial charge in [0, 0.05) is 25.5 Å². The number of amidine groups is 1. The first-order valence-corrected chi connectivity index (χ1v) is 5.76. The van der Waals surface area contributed by atoms with Crippen LogP contribution in [0.25, 0.3) is 6.08 Å². The minimum absolute atomic E-state index is 0.373. The van der Waals surface area contributed by atoms with Crippen LogP contribution in [0.2, 0.25) is 0 Å². The summed E-state index contributed by atoms with van der Waals surface area (Å²) in [6, 6.07) is 0. The number of aliphatic imine (C=N–C) groups is 1. The van der Waals surface area contributed by atoms with E-state index in [4.69, 9.17) is 17.1 Å². The van der Waals surface area contributed by atoms with Gasteiger partial charge in [0.25, 0.3) is 5.88 Å². The van der Waals surface area contributed by atoms with E-state index < -0.39 is 0 Å². The maximum atomic E-state index is 5.23. The van der Waals surface area contributed by atoms with Gasteiger partial charge in [0.05, 0.1) is 6.20 Å². The molecular formula is C10H9N7OS. The Hall–Kier alpha value is -2.55. The Kier molecular flexibility index (Phi) is 2.80. The second-order valence-corrected chi connectivity index (χ2v) is 4.07. The van der Waals surface area contributed by atoms with E-state index in [1.165, 1.54) is 0 Å². The molecule has 0 aromatic carbocycles. The van der Waals surface area contributed by atoms with Gasteiger partial charge in [0.1, 0.15) is 5.69 Å². The van der Waals surface area contributed by atoms with Gasteiger partial charge in [-0.3, -0.25) is 10.1 Å². The highest BCUT2D eigenvalue weighted by Gasteiger charge is 2.16. The molecule has 1 aliphatic rings. The molecule has 1 aliphatic heterocycles. The molecule has 0 spiro atoms. The van der Waals surface area contributed by atoms with Gasteiger partial charge in [0.2, 0.25) is 0 Å². The fourth-order valence-electron chi connectivity index (χ4n) is 1.45. The van der Waals surface area contributed by atoms with E-state index >= 15 is 0 Å². The third-order valence-electron chi connectivity index (χ3n) is 2.45. The molecule has 0 atom stereocenters. The van der Waals surface area contributed by atoms with Gasteiger partial charge in [-0.2, -0.15) is 15.6 Å². The SMILES string of the molecule is Cn1c(C=C2N=C(c3cnccn3)NO2)n[nH]c1=S. The van der Waals surface area contributed by atoms with Gasteiger partial charge < -0.3 is 9.40 Å². The van der Waals surface area contributed by atoms with Crippen LogP contribution in [0.4, 0.5) is 0 Å². The zero-order chi connectivity index (χ0) is 13.2. The molecule has 0 saturated carbocycles. The third-order valence-corrected chi connectivity index (χ3v) is 2.81. The average molecular weight is 275 g/mol. The Balaban J connectivity index is 1.91. The maximum Gasteiger partial charge on any atom is 0.251 e. The highest BCUT2D eigenvalue weighted by atomic mass is 32.1. The summed E-state index contributed by atoms with van der Waals surface area (Å²) in [6.07, 6.45) is 6.42. The van der Waals surface area contributed by atoms with E-state index in [0.717, 1.165) is 0 Å². The molecule has 0 fully saturated rings. The molecule has 19 heavy (non-hydrogen) atoms. The van der Waals surface area contributed by atoms with E-state index in [2.05, 4.69) is 30.6 Å². The molecular weight excluding hydrogens is 266 g/mol. The summed E-state index contributed by atoms with van der Waals surface area (Å²) in [5.74, 6) is 1.49. The molecule has 96 valence electrons. The largest absolute Gasteiger partial charge is 0.360 e. The quantitative estimate of drug-likeness (QED) is 0.777.